The Bertz CT molecular complexity index is 630. The van der Waals surface area contributed by atoms with Crippen LogP contribution in [0.5, 0.6) is 0 Å². The number of hydrazone groups is 1. The number of aryl methyl sites for hydroxylation is 1. The molecule has 1 aromatic carbocycles. The highest BCUT2D eigenvalue weighted by atomic mass is 127. The highest BCUT2D eigenvalue weighted by molar-refractivity contribution is 14.1. The van der Waals surface area contributed by atoms with E-state index in [0.29, 0.717) is 0 Å². The Labute approximate surface area is 144 Å². The van der Waals surface area contributed by atoms with Crippen LogP contribution in [-0.2, 0) is 6.54 Å². The average Bonchev–Trinajstić information content (AvgIpc) is 2.99. The summed E-state index contributed by atoms with van der Waals surface area (Å²) in [7, 11) is 0. The lowest BCUT2D eigenvalue weighted by molar-refractivity contribution is 0.122. The van der Waals surface area contributed by atoms with E-state index in [0.717, 1.165) is 49.7 Å². The van der Waals surface area contributed by atoms with Gasteiger partial charge in [-0.15, -0.1) is 0 Å². The van der Waals surface area contributed by atoms with Crippen LogP contribution in [0.4, 0.5) is 0 Å². The van der Waals surface area contributed by atoms with E-state index in [1.807, 2.05) is 10.3 Å². The lowest BCUT2D eigenvalue weighted by Gasteiger charge is -2.32. The molecular weight excluding hydrogens is 391 g/mol. The fraction of sp³-hybridized carbons (Fsp3) is 0.375. The zero-order valence-corrected chi connectivity index (χ0v) is 14.7. The van der Waals surface area contributed by atoms with E-state index >= 15 is 0 Å². The highest BCUT2D eigenvalue weighted by Gasteiger charge is 2.17. The van der Waals surface area contributed by atoms with Crippen LogP contribution in [0.1, 0.15) is 11.3 Å². The van der Waals surface area contributed by atoms with Gasteiger partial charge in [-0.2, -0.15) is 5.10 Å². The molecule has 0 saturated carbocycles. The topological polar surface area (TPSA) is 44.9 Å². The molecule has 1 fully saturated rings. The summed E-state index contributed by atoms with van der Waals surface area (Å²) in [6.45, 7) is 6.79. The lowest BCUT2D eigenvalue weighted by atomic mass is 10.1. The van der Waals surface area contributed by atoms with E-state index < -0.39 is 0 Å². The third-order valence-corrected chi connectivity index (χ3v) is 4.09. The molecule has 3 rings (SSSR count). The van der Waals surface area contributed by atoms with Crippen molar-refractivity contribution in [2.75, 3.05) is 26.2 Å². The average molecular weight is 410 g/mol. The second kappa shape index (κ2) is 7.23. The van der Waals surface area contributed by atoms with Gasteiger partial charge in [0.05, 0.1) is 10.8 Å². The SMILES string of the molecule is Cc1ccc(-c2cc(CN3CCN(/N=C/I)CC3)on2)cc1. The van der Waals surface area contributed by atoms with Crippen LogP contribution in [0.2, 0.25) is 0 Å². The first-order valence-corrected chi connectivity index (χ1v) is 8.62. The monoisotopic (exact) mass is 410 g/mol. The summed E-state index contributed by atoms with van der Waals surface area (Å²) in [6.07, 6.45) is 0. The summed E-state index contributed by atoms with van der Waals surface area (Å²) in [6, 6.07) is 10.4. The number of nitrogens with zero attached hydrogens (tertiary/aromatic N) is 4. The van der Waals surface area contributed by atoms with Gasteiger partial charge < -0.3 is 4.52 Å². The zero-order valence-electron chi connectivity index (χ0n) is 12.6. The summed E-state index contributed by atoms with van der Waals surface area (Å²) in [5, 5.41) is 10.6. The minimum atomic E-state index is 0.806. The Balaban J connectivity index is 1.59. The van der Waals surface area contributed by atoms with Crippen LogP contribution < -0.4 is 0 Å². The quantitative estimate of drug-likeness (QED) is 0.574. The van der Waals surface area contributed by atoms with Gasteiger partial charge in [0.1, 0.15) is 5.69 Å². The van der Waals surface area contributed by atoms with Gasteiger partial charge in [0, 0.05) is 37.8 Å². The normalized spacial score (nSPS) is 16.5. The van der Waals surface area contributed by atoms with Crippen molar-refractivity contribution in [3.63, 3.8) is 0 Å². The Kier molecular flexibility index (Phi) is 5.09. The second-order valence-corrected chi connectivity index (χ2v) is 6.04. The summed E-state index contributed by atoms with van der Waals surface area (Å²) in [5.41, 5.74) is 3.25. The van der Waals surface area contributed by atoms with Gasteiger partial charge >= 0.3 is 0 Å². The molecule has 2 heterocycles. The zero-order chi connectivity index (χ0) is 15.4. The molecule has 1 saturated heterocycles. The molecule has 0 amide bonds. The molecule has 0 N–H and O–H groups in total. The highest BCUT2D eigenvalue weighted by Crippen LogP contribution is 2.20. The third-order valence-electron chi connectivity index (χ3n) is 3.84. The number of piperazine rings is 1. The van der Waals surface area contributed by atoms with Crippen LogP contribution >= 0.6 is 22.6 Å². The summed E-state index contributed by atoms with van der Waals surface area (Å²) in [4.78, 5) is 2.37. The maximum Gasteiger partial charge on any atom is 0.151 e. The van der Waals surface area contributed by atoms with Crippen molar-refractivity contribution < 1.29 is 4.52 Å². The Morgan fingerprint density at radius 2 is 1.95 bits per heavy atom. The van der Waals surface area contributed by atoms with E-state index in [9.17, 15) is 0 Å². The van der Waals surface area contributed by atoms with Crippen molar-refractivity contribution >= 4 is 26.8 Å². The molecular formula is C16H19IN4O. The number of benzene rings is 1. The third kappa shape index (κ3) is 3.86. The van der Waals surface area contributed by atoms with Crippen molar-refractivity contribution in [1.29, 1.82) is 0 Å². The lowest BCUT2D eigenvalue weighted by Crippen LogP contribution is -2.43. The van der Waals surface area contributed by atoms with Gasteiger partial charge in [-0.1, -0.05) is 35.0 Å². The maximum atomic E-state index is 5.49. The smallest absolute Gasteiger partial charge is 0.151 e. The predicted octanol–water partition coefficient (Wildman–Crippen LogP) is 3.15. The summed E-state index contributed by atoms with van der Waals surface area (Å²) < 4.78 is 7.31. The Morgan fingerprint density at radius 3 is 2.64 bits per heavy atom. The molecule has 2 aromatic rings. The molecule has 6 heteroatoms. The molecule has 0 spiro atoms. The van der Waals surface area contributed by atoms with E-state index in [-0.39, 0.29) is 0 Å². The van der Waals surface area contributed by atoms with E-state index in [1.54, 1.807) is 0 Å². The molecule has 116 valence electrons. The number of halogens is 1. The Hall–Kier alpha value is -1.41. The van der Waals surface area contributed by atoms with Gasteiger partial charge in [-0.3, -0.25) is 9.91 Å². The number of hydrogen-bond donors (Lipinski definition) is 0. The molecule has 0 aliphatic carbocycles. The van der Waals surface area contributed by atoms with Crippen LogP contribution in [0.25, 0.3) is 11.3 Å². The Morgan fingerprint density at radius 1 is 1.23 bits per heavy atom. The fourth-order valence-electron chi connectivity index (χ4n) is 2.54. The molecule has 1 aliphatic heterocycles. The molecule has 0 unspecified atom stereocenters. The van der Waals surface area contributed by atoms with E-state index in [1.165, 1.54) is 5.56 Å². The van der Waals surface area contributed by atoms with E-state index in [2.05, 4.69) is 73.9 Å². The van der Waals surface area contributed by atoms with Crippen LogP contribution in [0, 0.1) is 6.92 Å². The fourth-order valence-corrected chi connectivity index (χ4v) is 2.89. The first kappa shape index (κ1) is 15.5. The van der Waals surface area contributed by atoms with Gasteiger partial charge in [0.2, 0.25) is 0 Å². The molecule has 1 aliphatic rings. The van der Waals surface area contributed by atoms with E-state index in [4.69, 9.17) is 4.52 Å². The van der Waals surface area contributed by atoms with Crippen molar-refractivity contribution in [1.82, 2.24) is 15.1 Å². The van der Waals surface area contributed by atoms with Gasteiger partial charge in [0.25, 0.3) is 0 Å². The van der Waals surface area contributed by atoms with Crippen LogP contribution in [0.15, 0.2) is 40.0 Å². The first-order valence-electron chi connectivity index (χ1n) is 7.37. The molecule has 1 aromatic heterocycles. The molecule has 5 nitrogen and oxygen atoms in total. The predicted molar refractivity (Wildman–Crippen MR) is 96.0 cm³/mol. The van der Waals surface area contributed by atoms with Crippen LogP contribution in [0.3, 0.4) is 0 Å². The minimum Gasteiger partial charge on any atom is -0.359 e. The minimum absolute atomic E-state index is 0.806. The van der Waals surface area contributed by atoms with Crippen molar-refractivity contribution in [3.05, 3.63) is 41.7 Å². The van der Waals surface area contributed by atoms with Gasteiger partial charge in [-0.25, -0.2) is 0 Å². The molecule has 22 heavy (non-hydrogen) atoms. The summed E-state index contributed by atoms with van der Waals surface area (Å²) in [5.74, 6) is 0.918. The van der Waals surface area contributed by atoms with Crippen LogP contribution in [-0.4, -0.2) is 45.5 Å². The summed E-state index contributed by atoms with van der Waals surface area (Å²) >= 11 is 2.15. The first-order chi connectivity index (χ1) is 10.7. The van der Waals surface area contributed by atoms with Crippen molar-refractivity contribution in [3.8, 4) is 11.3 Å². The standard InChI is InChI=1S/C16H19IN4O/c1-13-2-4-14(5-3-13)16-10-15(22-19-16)11-20-6-8-21(9-7-20)18-12-17/h2-5,10,12H,6-9,11H2,1H3/b18-12+. The number of hydrogen-bond acceptors (Lipinski definition) is 5. The molecule has 0 bridgehead atoms. The van der Waals surface area contributed by atoms with Crippen molar-refractivity contribution in [2.24, 2.45) is 5.10 Å². The van der Waals surface area contributed by atoms with Gasteiger partial charge in [0.15, 0.2) is 5.76 Å². The maximum absolute atomic E-state index is 5.49. The van der Waals surface area contributed by atoms with Gasteiger partial charge in [-0.05, 0) is 29.5 Å². The largest absolute Gasteiger partial charge is 0.359 e. The molecule has 0 atom stereocenters. The molecule has 0 radical (unpaired) electrons. The number of aromatic nitrogens is 1. The van der Waals surface area contributed by atoms with Crippen molar-refractivity contribution in [2.45, 2.75) is 13.5 Å². The number of rotatable bonds is 4. The second-order valence-electron chi connectivity index (χ2n) is 5.49.